The van der Waals surface area contributed by atoms with Crippen LogP contribution in [0.5, 0.6) is 0 Å². The van der Waals surface area contributed by atoms with Gasteiger partial charge in [-0.1, -0.05) is 13.8 Å². The minimum atomic E-state index is -2.85. The summed E-state index contributed by atoms with van der Waals surface area (Å²) in [4.78, 5) is 0. The Morgan fingerprint density at radius 3 is 2.56 bits per heavy atom. The molecule has 104 valence electrons. The van der Waals surface area contributed by atoms with Crippen LogP contribution in [0.25, 0.3) is 0 Å². The Morgan fingerprint density at radius 1 is 1.39 bits per heavy atom. The lowest BCUT2D eigenvalue weighted by Crippen LogP contribution is -2.21. The van der Waals surface area contributed by atoms with Crippen LogP contribution in [0.4, 0.5) is 0 Å². The lowest BCUT2D eigenvalue weighted by atomic mass is 9.99. The van der Waals surface area contributed by atoms with E-state index in [1.54, 1.807) is 0 Å². The molecule has 0 bridgehead atoms. The van der Waals surface area contributed by atoms with Gasteiger partial charge in [0.25, 0.3) is 0 Å². The summed E-state index contributed by atoms with van der Waals surface area (Å²) in [6.07, 6.45) is 6.07. The van der Waals surface area contributed by atoms with Crippen LogP contribution in [0.3, 0.4) is 0 Å². The van der Waals surface area contributed by atoms with E-state index in [9.17, 15) is 8.42 Å². The zero-order valence-electron chi connectivity index (χ0n) is 11.7. The monoisotopic (exact) mass is 272 g/mol. The Bertz CT molecular complexity index is 463. The predicted molar refractivity (Wildman–Crippen MR) is 75.4 cm³/mol. The first-order valence-corrected chi connectivity index (χ1v) is 8.40. The number of hydrogen-bond acceptors (Lipinski definition) is 3. The molecule has 0 amide bonds. The van der Waals surface area contributed by atoms with Crippen molar-refractivity contribution in [3.8, 4) is 0 Å². The van der Waals surface area contributed by atoms with Gasteiger partial charge in [-0.15, -0.1) is 0 Å². The average molecular weight is 272 g/mol. The molecule has 1 aromatic heterocycles. The molecule has 0 aliphatic heterocycles. The molecule has 1 N–H and O–H groups in total. The molecule has 0 aliphatic carbocycles. The van der Waals surface area contributed by atoms with E-state index in [0.717, 1.165) is 6.54 Å². The maximum atomic E-state index is 11.1. The second-order valence-electron chi connectivity index (χ2n) is 5.18. The molecule has 0 aliphatic rings. The minimum absolute atomic E-state index is 0.250. The Morgan fingerprint density at radius 2 is 2.06 bits per heavy atom. The van der Waals surface area contributed by atoms with Crippen molar-refractivity contribution in [2.75, 3.05) is 19.1 Å². The van der Waals surface area contributed by atoms with Crippen molar-refractivity contribution in [1.29, 1.82) is 0 Å². The molecule has 0 fully saturated rings. The van der Waals surface area contributed by atoms with Crippen LogP contribution in [-0.4, -0.2) is 32.0 Å². The van der Waals surface area contributed by atoms with Gasteiger partial charge in [0.15, 0.2) is 0 Å². The van der Waals surface area contributed by atoms with E-state index >= 15 is 0 Å². The van der Waals surface area contributed by atoms with E-state index in [4.69, 9.17) is 0 Å². The summed E-state index contributed by atoms with van der Waals surface area (Å²) >= 11 is 0. The number of sulfone groups is 1. The van der Waals surface area contributed by atoms with E-state index in [1.807, 2.05) is 13.2 Å². The largest absolute Gasteiger partial charge is 0.354 e. The first-order chi connectivity index (χ1) is 8.33. The van der Waals surface area contributed by atoms with Gasteiger partial charge in [0.2, 0.25) is 0 Å². The van der Waals surface area contributed by atoms with Gasteiger partial charge in [-0.25, -0.2) is 8.42 Å². The van der Waals surface area contributed by atoms with Crippen molar-refractivity contribution in [1.82, 2.24) is 9.88 Å². The number of aryl methyl sites for hydroxylation is 1. The van der Waals surface area contributed by atoms with Crippen molar-refractivity contribution in [2.45, 2.75) is 32.9 Å². The molecule has 1 atom stereocenters. The second-order valence-corrected chi connectivity index (χ2v) is 7.44. The quantitative estimate of drug-likeness (QED) is 0.824. The maximum absolute atomic E-state index is 11.1. The maximum Gasteiger partial charge on any atom is 0.147 e. The highest BCUT2D eigenvalue weighted by Gasteiger charge is 2.14. The van der Waals surface area contributed by atoms with Gasteiger partial charge >= 0.3 is 0 Å². The highest BCUT2D eigenvalue weighted by Crippen LogP contribution is 2.21. The molecule has 1 aromatic rings. The van der Waals surface area contributed by atoms with Crippen LogP contribution in [-0.2, 0) is 16.4 Å². The Balaban J connectivity index is 2.58. The summed E-state index contributed by atoms with van der Waals surface area (Å²) < 4.78 is 24.2. The molecule has 1 heterocycles. The summed E-state index contributed by atoms with van der Waals surface area (Å²) in [6.45, 7) is 5.12. The fourth-order valence-corrected chi connectivity index (χ4v) is 2.83. The number of nitrogens with one attached hydrogen (secondary N) is 1. The number of hydrogen-bond donors (Lipinski definition) is 1. The van der Waals surface area contributed by atoms with Crippen molar-refractivity contribution >= 4 is 9.84 Å². The lowest BCUT2D eigenvalue weighted by Gasteiger charge is -2.18. The van der Waals surface area contributed by atoms with E-state index in [0.29, 0.717) is 18.4 Å². The van der Waals surface area contributed by atoms with Crippen LogP contribution in [0, 0.1) is 5.92 Å². The van der Waals surface area contributed by atoms with E-state index in [-0.39, 0.29) is 5.75 Å². The molecule has 5 heteroatoms. The predicted octanol–water partition coefficient (Wildman–Crippen LogP) is 1.84. The summed E-state index contributed by atoms with van der Waals surface area (Å²) in [5.41, 5.74) is 1.26. The summed E-state index contributed by atoms with van der Waals surface area (Å²) in [5.74, 6) is 0.780. The fraction of sp³-hybridized carbons (Fsp3) is 0.692. The molecule has 1 rings (SSSR count). The van der Waals surface area contributed by atoms with Crippen LogP contribution < -0.4 is 5.32 Å². The van der Waals surface area contributed by atoms with Gasteiger partial charge in [-0.2, -0.15) is 0 Å². The molecular weight excluding hydrogens is 248 g/mol. The molecule has 0 spiro atoms. The third-order valence-corrected chi connectivity index (χ3v) is 4.07. The van der Waals surface area contributed by atoms with Crippen molar-refractivity contribution in [2.24, 2.45) is 5.92 Å². The highest BCUT2D eigenvalue weighted by atomic mass is 32.2. The molecule has 18 heavy (non-hydrogen) atoms. The Hall–Kier alpha value is -0.810. The minimum Gasteiger partial charge on any atom is -0.354 e. The van der Waals surface area contributed by atoms with Gasteiger partial charge in [-0.3, -0.25) is 0 Å². The fourth-order valence-electron chi connectivity index (χ4n) is 2.18. The van der Waals surface area contributed by atoms with Gasteiger partial charge in [0, 0.05) is 31.2 Å². The lowest BCUT2D eigenvalue weighted by molar-refractivity contribution is 0.442. The van der Waals surface area contributed by atoms with Gasteiger partial charge in [-0.05, 0) is 31.0 Å². The molecule has 0 radical (unpaired) electrons. The van der Waals surface area contributed by atoms with Gasteiger partial charge in [0.05, 0.1) is 5.75 Å². The second kappa shape index (κ2) is 6.38. The van der Waals surface area contributed by atoms with Crippen molar-refractivity contribution in [3.05, 3.63) is 24.0 Å². The SMILES string of the molecule is CNC(c1ccn(CCCS(C)(=O)=O)c1)C(C)C. The summed E-state index contributed by atoms with van der Waals surface area (Å²) in [6, 6.07) is 2.45. The van der Waals surface area contributed by atoms with Crippen molar-refractivity contribution in [3.63, 3.8) is 0 Å². The van der Waals surface area contributed by atoms with E-state index < -0.39 is 9.84 Å². The Kier molecular flexibility index (Phi) is 5.41. The standard InChI is InChI=1S/C13H24N2O2S/c1-11(2)13(14-3)12-6-8-15(10-12)7-5-9-18(4,16)17/h6,8,10-11,13-14H,5,7,9H2,1-4H3. The molecule has 0 saturated carbocycles. The first-order valence-electron chi connectivity index (χ1n) is 6.34. The summed E-state index contributed by atoms with van der Waals surface area (Å²) in [5, 5.41) is 3.30. The summed E-state index contributed by atoms with van der Waals surface area (Å²) in [7, 11) is -0.884. The number of nitrogens with zero attached hydrogens (tertiary/aromatic N) is 1. The van der Waals surface area contributed by atoms with Crippen LogP contribution in [0.1, 0.15) is 31.9 Å². The molecule has 0 aromatic carbocycles. The van der Waals surface area contributed by atoms with Crippen LogP contribution in [0.15, 0.2) is 18.5 Å². The van der Waals surface area contributed by atoms with Crippen LogP contribution >= 0.6 is 0 Å². The molecule has 4 nitrogen and oxygen atoms in total. The third kappa shape index (κ3) is 4.82. The average Bonchev–Trinajstić information content (AvgIpc) is 2.65. The van der Waals surface area contributed by atoms with Gasteiger partial charge in [0.1, 0.15) is 9.84 Å². The van der Waals surface area contributed by atoms with Gasteiger partial charge < -0.3 is 9.88 Å². The number of rotatable bonds is 7. The zero-order valence-corrected chi connectivity index (χ0v) is 12.5. The molecule has 0 saturated heterocycles. The van der Waals surface area contributed by atoms with Crippen LogP contribution in [0.2, 0.25) is 0 Å². The van der Waals surface area contributed by atoms with E-state index in [1.165, 1.54) is 11.8 Å². The first kappa shape index (κ1) is 15.2. The smallest absolute Gasteiger partial charge is 0.147 e. The molecule has 1 unspecified atom stereocenters. The van der Waals surface area contributed by atoms with E-state index in [2.05, 4.69) is 36.0 Å². The topological polar surface area (TPSA) is 51.1 Å². The normalized spacial score (nSPS) is 14.1. The van der Waals surface area contributed by atoms with Crippen molar-refractivity contribution < 1.29 is 8.42 Å². The number of aromatic nitrogens is 1. The zero-order chi connectivity index (χ0) is 13.8. The third-order valence-electron chi connectivity index (χ3n) is 3.04. The Labute approximate surface area is 110 Å². The highest BCUT2D eigenvalue weighted by molar-refractivity contribution is 7.90. The molecular formula is C13H24N2O2S.